The molecule has 2 aromatic carbocycles. The highest BCUT2D eigenvalue weighted by Crippen LogP contribution is 2.25. The molecule has 0 aliphatic rings. The Morgan fingerprint density at radius 3 is 2.22 bits per heavy atom. The number of halogens is 1. The van der Waals surface area contributed by atoms with Crippen LogP contribution < -0.4 is 9.62 Å². The van der Waals surface area contributed by atoms with E-state index in [1.807, 2.05) is 71.0 Å². The zero-order valence-corrected chi connectivity index (χ0v) is 24.7. The van der Waals surface area contributed by atoms with Crippen molar-refractivity contribution in [2.45, 2.75) is 72.5 Å². The molecular weight excluding hydrogens is 542 g/mol. The van der Waals surface area contributed by atoms with Crippen LogP contribution in [0.1, 0.15) is 57.2 Å². The number of nitrogens with zero attached hydrogens (tertiary/aromatic N) is 2. The van der Waals surface area contributed by atoms with Crippen molar-refractivity contribution in [2.75, 3.05) is 17.1 Å². The number of benzene rings is 2. The predicted molar refractivity (Wildman–Crippen MR) is 149 cm³/mol. The molecule has 1 unspecified atom stereocenters. The molecule has 2 amide bonds. The molecule has 198 valence electrons. The van der Waals surface area contributed by atoms with Crippen molar-refractivity contribution < 1.29 is 18.0 Å². The Kier molecular flexibility index (Phi) is 10.1. The van der Waals surface area contributed by atoms with E-state index in [0.29, 0.717) is 12.1 Å². The summed E-state index contributed by atoms with van der Waals surface area (Å²) in [7, 11) is -3.54. The van der Waals surface area contributed by atoms with E-state index in [0.717, 1.165) is 21.2 Å². The fraction of sp³-hybridized carbons (Fsp3) is 0.481. The Bertz CT molecular complexity index is 1170. The van der Waals surface area contributed by atoms with Crippen LogP contribution in [0.5, 0.6) is 0 Å². The molecule has 0 heterocycles. The second kappa shape index (κ2) is 12.2. The lowest BCUT2D eigenvalue weighted by Gasteiger charge is -2.32. The van der Waals surface area contributed by atoms with Crippen molar-refractivity contribution in [1.82, 2.24) is 10.2 Å². The largest absolute Gasteiger partial charge is 0.350 e. The van der Waals surface area contributed by atoms with Gasteiger partial charge < -0.3 is 10.2 Å². The third-order valence-electron chi connectivity index (χ3n) is 5.93. The number of hydrogen-bond donors (Lipinski definition) is 1. The van der Waals surface area contributed by atoms with Crippen LogP contribution in [0, 0.1) is 13.8 Å². The summed E-state index contributed by atoms with van der Waals surface area (Å²) >= 11 is 3.42. The van der Waals surface area contributed by atoms with Gasteiger partial charge in [-0.2, -0.15) is 0 Å². The van der Waals surface area contributed by atoms with Crippen LogP contribution in [-0.2, 0) is 26.2 Å². The quantitative estimate of drug-likeness (QED) is 0.431. The minimum absolute atomic E-state index is 0.112. The molecule has 1 N–H and O–H groups in total. The summed E-state index contributed by atoms with van der Waals surface area (Å²) in [5, 5.41) is 2.95. The Balaban J connectivity index is 2.22. The molecular formula is C27H38BrN3O4S. The van der Waals surface area contributed by atoms with Crippen molar-refractivity contribution in [3.63, 3.8) is 0 Å². The van der Waals surface area contributed by atoms with Crippen molar-refractivity contribution >= 4 is 43.5 Å². The number of carbonyl (C=O) groups excluding carboxylic acids is 2. The van der Waals surface area contributed by atoms with Gasteiger partial charge in [-0.15, -0.1) is 0 Å². The van der Waals surface area contributed by atoms with Gasteiger partial charge in [0.1, 0.15) is 6.04 Å². The molecule has 0 saturated heterocycles. The SMILES string of the molecule is Cc1cccc(N(CCCC(=O)N(Cc2ccc(Br)cc2)C(C)C(=O)NC(C)(C)C)S(C)(=O)=O)c1C. The molecule has 0 radical (unpaired) electrons. The van der Waals surface area contributed by atoms with Gasteiger partial charge in [0.05, 0.1) is 11.9 Å². The van der Waals surface area contributed by atoms with Crippen LogP contribution in [0.2, 0.25) is 0 Å². The number of rotatable bonds is 10. The second-order valence-corrected chi connectivity index (χ2v) is 13.0. The van der Waals surface area contributed by atoms with Crippen molar-refractivity contribution in [3.8, 4) is 0 Å². The average Bonchev–Trinajstić information content (AvgIpc) is 2.76. The predicted octanol–water partition coefficient (Wildman–Crippen LogP) is 4.94. The number of carbonyl (C=O) groups is 2. The molecule has 1 atom stereocenters. The van der Waals surface area contributed by atoms with Crippen LogP contribution in [0.25, 0.3) is 0 Å². The number of amides is 2. The molecule has 7 nitrogen and oxygen atoms in total. The maximum atomic E-state index is 13.4. The Labute approximate surface area is 224 Å². The molecule has 0 saturated carbocycles. The first kappa shape index (κ1) is 29.8. The summed E-state index contributed by atoms with van der Waals surface area (Å²) in [5.74, 6) is -0.440. The molecule has 2 aromatic rings. The van der Waals surface area contributed by atoms with Gasteiger partial charge in [0.25, 0.3) is 0 Å². The van der Waals surface area contributed by atoms with Gasteiger partial charge in [-0.1, -0.05) is 40.2 Å². The van der Waals surface area contributed by atoms with E-state index in [2.05, 4.69) is 21.2 Å². The fourth-order valence-corrected chi connectivity index (χ4v) is 5.11. The molecule has 0 spiro atoms. The molecule has 9 heteroatoms. The summed E-state index contributed by atoms with van der Waals surface area (Å²) in [6.45, 7) is 11.7. The Morgan fingerprint density at radius 2 is 1.67 bits per heavy atom. The lowest BCUT2D eigenvalue weighted by molar-refractivity contribution is -0.141. The van der Waals surface area contributed by atoms with Crippen molar-refractivity contribution in [1.29, 1.82) is 0 Å². The minimum Gasteiger partial charge on any atom is -0.350 e. The van der Waals surface area contributed by atoms with E-state index >= 15 is 0 Å². The fourth-order valence-electron chi connectivity index (χ4n) is 3.83. The average molecular weight is 581 g/mol. The highest BCUT2D eigenvalue weighted by Gasteiger charge is 2.28. The highest BCUT2D eigenvalue weighted by atomic mass is 79.9. The zero-order chi connectivity index (χ0) is 27.3. The van der Waals surface area contributed by atoms with Crippen LogP contribution in [0.4, 0.5) is 5.69 Å². The van der Waals surface area contributed by atoms with Gasteiger partial charge in [-0.05, 0) is 82.9 Å². The number of aryl methyl sites for hydroxylation is 1. The number of anilines is 1. The topological polar surface area (TPSA) is 86.8 Å². The third kappa shape index (κ3) is 8.62. The first-order valence-electron chi connectivity index (χ1n) is 12.0. The Morgan fingerprint density at radius 1 is 1.06 bits per heavy atom. The molecule has 0 bridgehead atoms. The lowest BCUT2D eigenvalue weighted by Crippen LogP contribution is -2.52. The second-order valence-electron chi connectivity index (χ2n) is 10.2. The maximum Gasteiger partial charge on any atom is 0.242 e. The minimum atomic E-state index is -3.54. The molecule has 0 fully saturated rings. The lowest BCUT2D eigenvalue weighted by atomic mass is 10.1. The molecule has 0 aromatic heterocycles. The van der Waals surface area contributed by atoms with Crippen LogP contribution in [0.3, 0.4) is 0 Å². The van der Waals surface area contributed by atoms with Crippen LogP contribution in [0.15, 0.2) is 46.9 Å². The highest BCUT2D eigenvalue weighted by molar-refractivity contribution is 9.10. The summed E-state index contributed by atoms with van der Waals surface area (Å²) in [5.41, 5.74) is 2.97. The first-order chi connectivity index (χ1) is 16.6. The van der Waals surface area contributed by atoms with Gasteiger partial charge >= 0.3 is 0 Å². The van der Waals surface area contributed by atoms with Gasteiger partial charge in [0.2, 0.25) is 21.8 Å². The Hall–Kier alpha value is -2.39. The van der Waals surface area contributed by atoms with Gasteiger partial charge in [0, 0.05) is 29.5 Å². The van der Waals surface area contributed by atoms with Crippen LogP contribution >= 0.6 is 15.9 Å². The van der Waals surface area contributed by atoms with E-state index in [4.69, 9.17) is 0 Å². The molecule has 2 rings (SSSR count). The van der Waals surface area contributed by atoms with Gasteiger partial charge in [-0.3, -0.25) is 13.9 Å². The summed E-state index contributed by atoms with van der Waals surface area (Å²) in [6, 6.07) is 12.5. The standard InChI is InChI=1S/C27H38BrN3O4S/c1-19-10-8-11-24(20(19)2)31(36(7,34)35)17-9-12-25(32)30(18-22-13-15-23(28)16-14-22)21(3)26(33)29-27(4,5)6/h8,10-11,13-16,21H,9,12,17-18H2,1-7H3,(H,29,33). The zero-order valence-electron chi connectivity index (χ0n) is 22.3. The van der Waals surface area contributed by atoms with E-state index in [9.17, 15) is 18.0 Å². The monoisotopic (exact) mass is 579 g/mol. The summed E-state index contributed by atoms with van der Waals surface area (Å²) in [4.78, 5) is 27.9. The van der Waals surface area contributed by atoms with E-state index in [1.54, 1.807) is 17.9 Å². The van der Waals surface area contributed by atoms with E-state index in [1.165, 1.54) is 10.6 Å². The third-order valence-corrected chi connectivity index (χ3v) is 7.64. The molecule has 36 heavy (non-hydrogen) atoms. The van der Waals surface area contributed by atoms with E-state index < -0.39 is 21.6 Å². The van der Waals surface area contributed by atoms with Crippen molar-refractivity contribution in [2.24, 2.45) is 0 Å². The summed E-state index contributed by atoms with van der Waals surface area (Å²) in [6.07, 6.45) is 1.61. The molecule has 0 aliphatic carbocycles. The van der Waals surface area contributed by atoms with Gasteiger partial charge in [-0.25, -0.2) is 8.42 Å². The molecule has 0 aliphatic heterocycles. The maximum absolute atomic E-state index is 13.4. The van der Waals surface area contributed by atoms with Gasteiger partial charge in [0.15, 0.2) is 0 Å². The number of nitrogens with one attached hydrogen (secondary N) is 1. The summed E-state index contributed by atoms with van der Waals surface area (Å²) < 4.78 is 27.4. The normalized spacial score (nSPS) is 12.7. The first-order valence-corrected chi connectivity index (χ1v) is 14.6. The van der Waals surface area contributed by atoms with Crippen LogP contribution in [-0.4, -0.2) is 49.5 Å². The van der Waals surface area contributed by atoms with E-state index in [-0.39, 0.29) is 31.3 Å². The van der Waals surface area contributed by atoms with Crippen molar-refractivity contribution in [3.05, 3.63) is 63.6 Å². The number of sulfonamides is 1. The number of hydrogen-bond acceptors (Lipinski definition) is 4. The smallest absolute Gasteiger partial charge is 0.242 e.